The normalized spacial score (nSPS) is 15.1. The molecular weight excluding hydrogens is 467 g/mol. The molecule has 0 aromatic carbocycles. The molecule has 0 radical (unpaired) electrons. The lowest BCUT2D eigenvalue weighted by Crippen LogP contribution is -2.54. The van der Waals surface area contributed by atoms with Gasteiger partial charge in [-0.1, -0.05) is 13.8 Å². The van der Waals surface area contributed by atoms with Crippen molar-refractivity contribution in [3.63, 3.8) is 0 Å². The fraction of sp³-hybridized carbons (Fsp3) is 0.550. The number of carbonyl (C=O) groups excluding carboxylic acids is 1. The van der Waals surface area contributed by atoms with E-state index in [1.807, 2.05) is 31.0 Å². The molecule has 0 aliphatic carbocycles. The number of rotatable bonds is 5. The molecule has 2 N–H and O–H groups in total. The zero-order chi connectivity index (χ0) is 19.2. The van der Waals surface area contributed by atoms with Gasteiger partial charge in [0.25, 0.3) is 0 Å². The Bertz CT molecular complexity index is 795. The molecule has 1 aliphatic heterocycles. The van der Waals surface area contributed by atoms with Gasteiger partial charge in [0.15, 0.2) is 5.96 Å². The smallest absolute Gasteiger partial charge is 0.225 e. The van der Waals surface area contributed by atoms with E-state index in [4.69, 9.17) is 4.99 Å². The number of H-pyrrole nitrogens is 1. The quantitative estimate of drug-likeness (QED) is 0.378. The van der Waals surface area contributed by atoms with Crippen LogP contribution in [0, 0.1) is 5.92 Å². The monoisotopic (exact) mass is 498 g/mol. The van der Waals surface area contributed by atoms with Crippen LogP contribution in [0.25, 0.3) is 11.0 Å². The number of nitrogens with zero attached hydrogens (tertiary/aromatic N) is 4. The number of amides is 1. The Balaban J connectivity index is 0.00000280. The molecule has 0 unspecified atom stereocenters. The fourth-order valence-corrected chi connectivity index (χ4v) is 3.43. The average Bonchev–Trinajstić information content (AvgIpc) is 3.10. The predicted molar refractivity (Wildman–Crippen MR) is 124 cm³/mol. The molecule has 3 heterocycles. The summed E-state index contributed by atoms with van der Waals surface area (Å²) in [5.41, 5.74) is 2.17. The van der Waals surface area contributed by atoms with Gasteiger partial charge in [-0.3, -0.25) is 9.79 Å². The van der Waals surface area contributed by atoms with Crippen molar-refractivity contribution in [2.24, 2.45) is 10.9 Å². The van der Waals surface area contributed by atoms with Gasteiger partial charge in [-0.2, -0.15) is 0 Å². The number of nitrogens with one attached hydrogen (secondary N) is 2. The minimum atomic E-state index is 0. The summed E-state index contributed by atoms with van der Waals surface area (Å²) in [5.74, 6) is 1.24. The van der Waals surface area contributed by atoms with E-state index in [-0.39, 0.29) is 35.8 Å². The molecule has 1 aliphatic rings. The van der Waals surface area contributed by atoms with Crippen molar-refractivity contribution in [2.45, 2.75) is 27.2 Å². The zero-order valence-corrected chi connectivity index (χ0v) is 19.3. The summed E-state index contributed by atoms with van der Waals surface area (Å²) in [6, 6.07) is 4.05. The number of piperazine rings is 1. The van der Waals surface area contributed by atoms with E-state index in [1.165, 1.54) is 10.9 Å². The van der Waals surface area contributed by atoms with E-state index in [9.17, 15) is 4.79 Å². The van der Waals surface area contributed by atoms with Crippen LogP contribution in [0.4, 0.5) is 0 Å². The molecule has 2 aromatic heterocycles. The molecule has 2 aromatic rings. The first-order chi connectivity index (χ1) is 13.1. The molecule has 0 atom stereocenters. The maximum absolute atomic E-state index is 12.2. The standard InChI is InChI=1S/C20H30N6O.HI/c1-4-21-20(26-12-10-25(11-13-26)19(27)15(2)3)23-9-7-16-14-24-18-17(16)6-5-8-22-18;/h5-6,8,14-15H,4,7,9-13H2,1-3H3,(H,21,23)(H,22,24);1H. The molecule has 1 saturated heterocycles. The number of pyridine rings is 1. The van der Waals surface area contributed by atoms with Crippen molar-refractivity contribution in [2.75, 3.05) is 39.3 Å². The molecule has 0 saturated carbocycles. The Morgan fingerprint density at radius 1 is 1.29 bits per heavy atom. The number of carbonyl (C=O) groups is 1. The second-order valence-electron chi connectivity index (χ2n) is 7.17. The van der Waals surface area contributed by atoms with Crippen LogP contribution in [0.3, 0.4) is 0 Å². The number of halogens is 1. The maximum atomic E-state index is 12.2. The minimum Gasteiger partial charge on any atom is -0.357 e. The summed E-state index contributed by atoms with van der Waals surface area (Å²) in [5, 5.41) is 4.55. The van der Waals surface area contributed by atoms with Crippen molar-refractivity contribution >= 4 is 46.9 Å². The first-order valence-electron chi connectivity index (χ1n) is 9.83. The second kappa shape index (κ2) is 10.6. The molecule has 28 heavy (non-hydrogen) atoms. The third-order valence-corrected chi connectivity index (χ3v) is 4.90. The van der Waals surface area contributed by atoms with E-state index in [0.29, 0.717) is 0 Å². The summed E-state index contributed by atoms with van der Waals surface area (Å²) in [4.78, 5) is 28.8. The first kappa shape index (κ1) is 22.4. The molecule has 8 heteroatoms. The SMILES string of the molecule is CCNC(=NCCc1c[nH]c2ncccc12)N1CCN(C(=O)C(C)C)CC1.I. The fourth-order valence-electron chi connectivity index (χ4n) is 3.43. The van der Waals surface area contributed by atoms with Crippen molar-refractivity contribution in [3.8, 4) is 0 Å². The summed E-state index contributed by atoms with van der Waals surface area (Å²) < 4.78 is 0. The van der Waals surface area contributed by atoms with Crippen LogP contribution in [0.2, 0.25) is 0 Å². The Morgan fingerprint density at radius 2 is 2.00 bits per heavy atom. The van der Waals surface area contributed by atoms with E-state index < -0.39 is 0 Å². The Morgan fingerprint density at radius 3 is 2.68 bits per heavy atom. The highest BCUT2D eigenvalue weighted by atomic mass is 127. The molecule has 1 fully saturated rings. The third kappa shape index (κ3) is 5.36. The van der Waals surface area contributed by atoms with Crippen molar-refractivity contribution < 1.29 is 4.79 Å². The van der Waals surface area contributed by atoms with Crippen LogP contribution in [-0.2, 0) is 11.2 Å². The van der Waals surface area contributed by atoms with Crippen LogP contribution in [0.5, 0.6) is 0 Å². The predicted octanol–water partition coefficient (Wildman–Crippen LogP) is 2.49. The zero-order valence-electron chi connectivity index (χ0n) is 16.9. The van der Waals surface area contributed by atoms with Crippen molar-refractivity contribution in [3.05, 3.63) is 30.1 Å². The summed E-state index contributed by atoms with van der Waals surface area (Å²) >= 11 is 0. The van der Waals surface area contributed by atoms with Crippen LogP contribution in [0.15, 0.2) is 29.5 Å². The molecule has 0 bridgehead atoms. The highest BCUT2D eigenvalue weighted by Crippen LogP contribution is 2.16. The first-order valence-corrected chi connectivity index (χ1v) is 9.83. The van der Waals surface area contributed by atoms with Gasteiger partial charge in [0.05, 0.1) is 0 Å². The Kier molecular flexibility index (Phi) is 8.53. The highest BCUT2D eigenvalue weighted by molar-refractivity contribution is 14.0. The van der Waals surface area contributed by atoms with Gasteiger partial charge in [-0.05, 0) is 31.0 Å². The highest BCUT2D eigenvalue weighted by Gasteiger charge is 2.24. The van der Waals surface area contributed by atoms with E-state index in [0.717, 1.165) is 57.3 Å². The Labute approximate surface area is 184 Å². The molecule has 7 nitrogen and oxygen atoms in total. The number of hydrogen-bond acceptors (Lipinski definition) is 3. The molecule has 154 valence electrons. The van der Waals surface area contributed by atoms with Gasteiger partial charge >= 0.3 is 0 Å². The minimum absolute atomic E-state index is 0. The topological polar surface area (TPSA) is 76.6 Å². The van der Waals surface area contributed by atoms with Gasteiger partial charge in [0.1, 0.15) is 5.65 Å². The maximum Gasteiger partial charge on any atom is 0.225 e. The van der Waals surface area contributed by atoms with Gasteiger partial charge < -0.3 is 20.1 Å². The summed E-state index contributed by atoms with van der Waals surface area (Å²) in [6.45, 7) is 10.7. The number of aliphatic imine (C=N–C) groups is 1. The lowest BCUT2D eigenvalue weighted by molar-refractivity contribution is -0.135. The van der Waals surface area contributed by atoms with E-state index >= 15 is 0 Å². The van der Waals surface area contributed by atoms with Gasteiger partial charge in [0, 0.05) is 63.0 Å². The van der Waals surface area contributed by atoms with Gasteiger partial charge in [0.2, 0.25) is 5.91 Å². The molecule has 3 rings (SSSR count). The van der Waals surface area contributed by atoms with Crippen LogP contribution in [0.1, 0.15) is 26.3 Å². The van der Waals surface area contributed by atoms with E-state index in [1.54, 1.807) is 6.20 Å². The van der Waals surface area contributed by atoms with Crippen LogP contribution < -0.4 is 5.32 Å². The van der Waals surface area contributed by atoms with Crippen molar-refractivity contribution in [1.82, 2.24) is 25.1 Å². The average molecular weight is 498 g/mol. The summed E-state index contributed by atoms with van der Waals surface area (Å²) in [6.07, 6.45) is 4.69. The molecule has 0 spiro atoms. The lowest BCUT2D eigenvalue weighted by atomic mass is 10.1. The van der Waals surface area contributed by atoms with Crippen LogP contribution in [-0.4, -0.2) is 70.9 Å². The Hall–Kier alpha value is -1.84. The largest absolute Gasteiger partial charge is 0.357 e. The van der Waals surface area contributed by atoms with Crippen molar-refractivity contribution in [1.29, 1.82) is 0 Å². The lowest BCUT2D eigenvalue weighted by Gasteiger charge is -2.37. The number of aromatic amines is 1. The number of hydrogen-bond donors (Lipinski definition) is 2. The number of fused-ring (bicyclic) bond motifs is 1. The molecule has 1 amide bonds. The second-order valence-corrected chi connectivity index (χ2v) is 7.17. The number of aromatic nitrogens is 2. The van der Waals surface area contributed by atoms with Gasteiger partial charge in [-0.15, -0.1) is 24.0 Å². The molecular formula is C20H31IN6O. The third-order valence-electron chi connectivity index (χ3n) is 4.90. The number of guanidine groups is 1. The van der Waals surface area contributed by atoms with Gasteiger partial charge in [-0.25, -0.2) is 4.98 Å². The van der Waals surface area contributed by atoms with Crippen LogP contribution >= 0.6 is 24.0 Å². The van der Waals surface area contributed by atoms with E-state index in [2.05, 4.69) is 33.2 Å². The summed E-state index contributed by atoms with van der Waals surface area (Å²) in [7, 11) is 0.